The topological polar surface area (TPSA) is 133 Å². The fourth-order valence-corrected chi connectivity index (χ4v) is 1.35. The molecule has 1 aromatic rings. The molecule has 0 spiro atoms. The van der Waals surface area contributed by atoms with Crippen LogP contribution < -0.4 is 10.5 Å². The molecule has 0 bridgehead atoms. The first kappa shape index (κ1) is 13.2. The first-order chi connectivity index (χ1) is 7.79. The Bertz CT molecular complexity index is 527. The van der Waals surface area contributed by atoms with E-state index < -0.39 is 20.8 Å². The number of hydrogen-bond acceptors (Lipinski definition) is 6. The van der Waals surface area contributed by atoms with Crippen LogP contribution in [-0.4, -0.2) is 30.3 Å². The van der Waals surface area contributed by atoms with Gasteiger partial charge < -0.3 is 10.5 Å². The summed E-state index contributed by atoms with van der Waals surface area (Å²) in [7, 11) is -4.09. The van der Waals surface area contributed by atoms with E-state index in [0.29, 0.717) is 0 Å². The molecule has 8 nitrogen and oxygen atoms in total. The van der Waals surface area contributed by atoms with Gasteiger partial charge in [0.2, 0.25) is 0 Å². The van der Waals surface area contributed by atoms with Crippen molar-refractivity contribution in [1.82, 2.24) is 0 Å². The van der Waals surface area contributed by atoms with Crippen molar-refractivity contribution in [3.63, 3.8) is 0 Å². The summed E-state index contributed by atoms with van der Waals surface area (Å²) in [6.45, 7) is -0.268. The Morgan fingerprint density at radius 2 is 2.12 bits per heavy atom. The molecule has 0 atom stereocenters. The maximum Gasteiger partial charge on any atom is 0.292 e. The lowest BCUT2D eigenvalue weighted by Gasteiger charge is -2.05. The molecule has 0 fully saturated rings. The molecule has 0 saturated heterocycles. The molecule has 17 heavy (non-hydrogen) atoms. The van der Waals surface area contributed by atoms with E-state index in [-0.39, 0.29) is 23.7 Å². The lowest BCUT2D eigenvalue weighted by Crippen LogP contribution is -2.12. The van der Waals surface area contributed by atoms with Crippen LogP contribution in [0.2, 0.25) is 0 Å². The maximum absolute atomic E-state index is 10.5. The zero-order chi connectivity index (χ0) is 13.1. The van der Waals surface area contributed by atoms with Gasteiger partial charge in [0.15, 0.2) is 0 Å². The van der Waals surface area contributed by atoms with Crippen LogP contribution in [0.1, 0.15) is 0 Å². The third-order valence-corrected chi connectivity index (χ3v) is 2.49. The molecule has 0 aromatic heterocycles. The van der Waals surface area contributed by atoms with E-state index >= 15 is 0 Å². The highest BCUT2D eigenvalue weighted by molar-refractivity contribution is 7.85. The lowest BCUT2D eigenvalue weighted by atomic mass is 10.2. The summed E-state index contributed by atoms with van der Waals surface area (Å²) in [5, 5.41) is 10.5. The Kier molecular flexibility index (Phi) is 3.86. The second-order valence-electron chi connectivity index (χ2n) is 3.11. The summed E-state index contributed by atoms with van der Waals surface area (Å²) in [5.41, 5.74) is 5.05. The number of nitrogens with two attached hydrogens (primary N) is 1. The molecule has 3 N–H and O–H groups in total. The fourth-order valence-electron chi connectivity index (χ4n) is 1.05. The maximum atomic E-state index is 10.5. The van der Waals surface area contributed by atoms with Crippen LogP contribution in [0.25, 0.3) is 0 Å². The van der Waals surface area contributed by atoms with Crippen molar-refractivity contribution in [2.45, 2.75) is 0 Å². The Balaban J connectivity index is 2.68. The molecular weight excluding hydrogens is 252 g/mol. The summed E-state index contributed by atoms with van der Waals surface area (Å²) in [4.78, 5) is 9.81. The van der Waals surface area contributed by atoms with Gasteiger partial charge in [-0.25, -0.2) is 0 Å². The number of rotatable bonds is 5. The first-order valence-electron chi connectivity index (χ1n) is 4.41. The van der Waals surface area contributed by atoms with Gasteiger partial charge in [0.1, 0.15) is 23.8 Å². The minimum absolute atomic E-state index is 0.0839. The number of nitrogens with zero attached hydrogens (tertiary/aromatic N) is 1. The average molecular weight is 262 g/mol. The summed E-state index contributed by atoms with van der Waals surface area (Å²) in [6, 6.07) is 3.65. The monoisotopic (exact) mass is 262 g/mol. The third kappa shape index (κ3) is 4.25. The van der Waals surface area contributed by atoms with Gasteiger partial charge in [-0.15, -0.1) is 0 Å². The van der Waals surface area contributed by atoms with Gasteiger partial charge in [-0.2, -0.15) is 8.42 Å². The molecule has 0 radical (unpaired) electrons. The van der Waals surface area contributed by atoms with Gasteiger partial charge in [0, 0.05) is 12.1 Å². The van der Waals surface area contributed by atoms with Gasteiger partial charge in [0.25, 0.3) is 15.8 Å². The molecule has 0 amide bonds. The first-order valence-corrected chi connectivity index (χ1v) is 6.02. The van der Waals surface area contributed by atoms with Crippen molar-refractivity contribution in [2.24, 2.45) is 0 Å². The van der Waals surface area contributed by atoms with Crippen LogP contribution >= 0.6 is 0 Å². The average Bonchev–Trinajstić information content (AvgIpc) is 2.15. The minimum Gasteiger partial charge on any atom is -0.492 e. The van der Waals surface area contributed by atoms with Gasteiger partial charge in [-0.05, 0) is 6.07 Å². The Morgan fingerprint density at radius 3 is 2.59 bits per heavy atom. The minimum atomic E-state index is -4.09. The van der Waals surface area contributed by atoms with E-state index in [1.165, 1.54) is 12.1 Å². The highest BCUT2D eigenvalue weighted by Crippen LogP contribution is 2.25. The van der Waals surface area contributed by atoms with Crippen molar-refractivity contribution in [3.05, 3.63) is 28.3 Å². The van der Waals surface area contributed by atoms with Crippen LogP contribution in [0.3, 0.4) is 0 Å². The molecule has 94 valence electrons. The molecule has 0 aliphatic rings. The predicted octanol–water partition coefficient (Wildman–Crippen LogP) is 0.444. The summed E-state index contributed by atoms with van der Waals surface area (Å²) in [6.07, 6.45) is 0. The molecule has 0 unspecified atom stereocenters. The van der Waals surface area contributed by atoms with Gasteiger partial charge in [0.05, 0.1) is 4.92 Å². The number of anilines is 1. The van der Waals surface area contributed by atoms with Crippen LogP contribution in [0.15, 0.2) is 18.2 Å². The summed E-state index contributed by atoms with van der Waals surface area (Å²) in [5.74, 6) is -0.374. The van der Waals surface area contributed by atoms with Gasteiger partial charge in [-0.3, -0.25) is 14.7 Å². The van der Waals surface area contributed by atoms with E-state index in [0.717, 1.165) is 6.07 Å². The van der Waals surface area contributed by atoms with Crippen molar-refractivity contribution in [1.29, 1.82) is 0 Å². The van der Waals surface area contributed by atoms with E-state index in [1.807, 2.05) is 0 Å². The van der Waals surface area contributed by atoms with Crippen molar-refractivity contribution < 1.29 is 22.6 Å². The number of ether oxygens (including phenoxy) is 1. The Labute approximate surface area is 96.9 Å². The molecule has 1 rings (SSSR count). The zero-order valence-electron chi connectivity index (χ0n) is 8.57. The molecule has 0 heterocycles. The second-order valence-corrected chi connectivity index (χ2v) is 4.68. The lowest BCUT2D eigenvalue weighted by molar-refractivity contribution is -0.383. The summed E-state index contributed by atoms with van der Waals surface area (Å²) < 4.78 is 34.2. The molecular formula is C8H10N2O6S. The normalized spacial score (nSPS) is 11.1. The zero-order valence-corrected chi connectivity index (χ0v) is 9.38. The van der Waals surface area contributed by atoms with Gasteiger partial charge >= 0.3 is 0 Å². The third-order valence-electron chi connectivity index (χ3n) is 1.81. The highest BCUT2D eigenvalue weighted by atomic mass is 32.2. The predicted molar refractivity (Wildman–Crippen MR) is 59.4 cm³/mol. The molecule has 0 aliphatic carbocycles. The fraction of sp³-hybridized carbons (Fsp3) is 0.250. The quantitative estimate of drug-likeness (QED) is 0.340. The largest absolute Gasteiger partial charge is 0.492 e. The second kappa shape index (κ2) is 4.97. The number of nitro benzene ring substituents is 1. The Hall–Kier alpha value is -1.87. The van der Waals surface area contributed by atoms with Crippen molar-refractivity contribution in [3.8, 4) is 5.75 Å². The SMILES string of the molecule is Nc1cc(OCCS(=O)(=O)O)ccc1[N+](=O)[O-]. The van der Waals surface area contributed by atoms with Crippen LogP contribution in [0.5, 0.6) is 5.75 Å². The van der Waals surface area contributed by atoms with Crippen LogP contribution in [-0.2, 0) is 10.1 Å². The van der Waals surface area contributed by atoms with Crippen LogP contribution in [0.4, 0.5) is 11.4 Å². The number of nitrogen functional groups attached to an aromatic ring is 1. The molecule has 9 heteroatoms. The Morgan fingerprint density at radius 1 is 1.47 bits per heavy atom. The molecule has 0 saturated carbocycles. The van der Waals surface area contributed by atoms with Crippen molar-refractivity contribution in [2.75, 3.05) is 18.1 Å². The number of hydrogen-bond donors (Lipinski definition) is 2. The van der Waals surface area contributed by atoms with Gasteiger partial charge in [-0.1, -0.05) is 0 Å². The molecule has 0 aliphatic heterocycles. The molecule has 1 aromatic carbocycles. The summed E-state index contributed by atoms with van der Waals surface area (Å²) >= 11 is 0. The van der Waals surface area contributed by atoms with E-state index in [1.54, 1.807) is 0 Å². The van der Waals surface area contributed by atoms with E-state index in [9.17, 15) is 18.5 Å². The standard InChI is InChI=1S/C8H10N2O6S/c9-7-5-6(1-2-8(7)10(11)12)16-3-4-17(13,14)15/h1-2,5H,3-4,9H2,(H,13,14,15). The van der Waals surface area contributed by atoms with E-state index in [4.69, 9.17) is 15.0 Å². The van der Waals surface area contributed by atoms with Crippen molar-refractivity contribution >= 4 is 21.5 Å². The smallest absolute Gasteiger partial charge is 0.292 e. The van der Waals surface area contributed by atoms with Crippen LogP contribution in [0, 0.1) is 10.1 Å². The number of benzene rings is 1. The number of nitro groups is 1. The highest BCUT2D eigenvalue weighted by Gasteiger charge is 2.12. The van der Waals surface area contributed by atoms with E-state index in [2.05, 4.69) is 0 Å².